The van der Waals surface area contributed by atoms with E-state index in [0.29, 0.717) is 17.1 Å². The van der Waals surface area contributed by atoms with Crippen LogP contribution < -0.4 is 26.5 Å². The zero-order chi connectivity index (χ0) is 22.5. The summed E-state index contributed by atoms with van der Waals surface area (Å²) < 4.78 is 4.45. The summed E-state index contributed by atoms with van der Waals surface area (Å²) in [6, 6.07) is 8.03. The Morgan fingerprint density at radius 1 is 1.16 bits per heavy atom. The van der Waals surface area contributed by atoms with Crippen molar-refractivity contribution in [2.24, 2.45) is 0 Å². The SMILES string of the molecule is CC1=C[I-]C=CC(c2ncc(CNc3nccc(-c4cncc(Cl)c4)c3C)cc2C#N)=C1. The summed E-state index contributed by atoms with van der Waals surface area (Å²) in [6.45, 7) is 4.60. The molecule has 32 heavy (non-hydrogen) atoms. The molecule has 0 unspecified atom stereocenters. The Kier molecular flexibility index (Phi) is 6.98. The third-order valence-corrected chi connectivity index (χ3v) is 7.28. The second-order valence-electron chi connectivity index (χ2n) is 7.30. The normalized spacial score (nSPS) is 13.3. The van der Waals surface area contributed by atoms with Gasteiger partial charge < -0.3 is 0 Å². The standard InChI is InChI=1S/C25H20ClIN5/c1-16-7-19(3-5-27-10-16)24-20(11-28)8-18(12-31-24)13-32-25-17(2)23(4-6-30-25)21-9-22(26)15-29-14-21/h3-10,12,14-15H,13H2,1-2H3,(H,30,32)/q-1. The molecule has 4 rings (SSSR count). The molecule has 1 aliphatic rings. The molecule has 1 aliphatic heterocycles. The van der Waals surface area contributed by atoms with Crippen LogP contribution >= 0.6 is 11.6 Å². The Morgan fingerprint density at radius 3 is 2.84 bits per heavy atom. The van der Waals surface area contributed by atoms with E-state index in [1.54, 1.807) is 18.6 Å². The number of nitrogens with zero attached hydrogens (tertiary/aromatic N) is 4. The molecule has 1 N–H and O–H groups in total. The van der Waals surface area contributed by atoms with Crippen LogP contribution in [-0.2, 0) is 6.54 Å². The van der Waals surface area contributed by atoms with Crippen molar-refractivity contribution in [3.63, 3.8) is 0 Å². The predicted molar refractivity (Wildman–Crippen MR) is 124 cm³/mol. The van der Waals surface area contributed by atoms with Crippen LogP contribution in [0.1, 0.15) is 29.3 Å². The molecule has 0 amide bonds. The van der Waals surface area contributed by atoms with Crippen molar-refractivity contribution in [1.29, 1.82) is 5.26 Å². The molecular weight excluding hydrogens is 533 g/mol. The van der Waals surface area contributed by atoms with Crippen LogP contribution in [0.2, 0.25) is 5.02 Å². The van der Waals surface area contributed by atoms with E-state index in [1.165, 1.54) is 5.57 Å². The van der Waals surface area contributed by atoms with Gasteiger partial charge in [0, 0.05) is 18.0 Å². The molecule has 160 valence electrons. The number of anilines is 1. The van der Waals surface area contributed by atoms with Crippen molar-refractivity contribution in [3.05, 3.63) is 96.3 Å². The zero-order valence-electron chi connectivity index (χ0n) is 17.6. The molecule has 0 aromatic carbocycles. The van der Waals surface area contributed by atoms with Gasteiger partial charge in [0.05, 0.1) is 5.02 Å². The molecule has 0 spiro atoms. The fraction of sp³-hybridized carbons (Fsp3) is 0.120. The third kappa shape index (κ3) is 5.06. The number of hydrogen-bond acceptors (Lipinski definition) is 5. The van der Waals surface area contributed by atoms with Crippen molar-refractivity contribution in [1.82, 2.24) is 15.0 Å². The Hall–Kier alpha value is -3.02. The molecule has 0 saturated carbocycles. The molecular formula is C25H20ClIN5-. The number of pyridine rings is 3. The van der Waals surface area contributed by atoms with Gasteiger partial charge in [-0.1, -0.05) is 11.6 Å². The van der Waals surface area contributed by atoms with E-state index in [9.17, 15) is 5.26 Å². The fourth-order valence-corrected chi connectivity index (χ4v) is 5.13. The molecule has 0 saturated heterocycles. The van der Waals surface area contributed by atoms with E-state index in [0.717, 1.165) is 39.3 Å². The number of nitrogens with one attached hydrogen (secondary N) is 1. The zero-order valence-corrected chi connectivity index (χ0v) is 20.5. The van der Waals surface area contributed by atoms with Crippen LogP contribution in [-0.4, -0.2) is 15.0 Å². The van der Waals surface area contributed by atoms with Crippen LogP contribution in [0.3, 0.4) is 0 Å². The Morgan fingerprint density at radius 2 is 2.03 bits per heavy atom. The second-order valence-corrected chi connectivity index (χ2v) is 9.80. The molecule has 0 aliphatic carbocycles. The van der Waals surface area contributed by atoms with Crippen molar-refractivity contribution in [2.75, 3.05) is 5.32 Å². The van der Waals surface area contributed by atoms with Gasteiger partial charge in [0.15, 0.2) is 0 Å². The molecule has 4 heterocycles. The number of aromatic nitrogens is 3. The number of nitriles is 1. The van der Waals surface area contributed by atoms with Crippen LogP contribution in [0.25, 0.3) is 16.7 Å². The van der Waals surface area contributed by atoms with Gasteiger partial charge in [-0.3, -0.25) is 4.98 Å². The average molecular weight is 553 g/mol. The Labute approximate surface area is 202 Å². The van der Waals surface area contributed by atoms with Crippen molar-refractivity contribution in [2.45, 2.75) is 20.4 Å². The van der Waals surface area contributed by atoms with Gasteiger partial charge in [-0.2, -0.15) is 0 Å². The maximum atomic E-state index is 9.73. The summed E-state index contributed by atoms with van der Waals surface area (Å²) in [4.78, 5) is 13.3. The Balaban J connectivity index is 1.57. The molecule has 3 aromatic rings. The monoisotopic (exact) mass is 552 g/mol. The first-order chi connectivity index (χ1) is 15.5. The van der Waals surface area contributed by atoms with E-state index >= 15 is 0 Å². The minimum absolute atomic E-state index is 0.0839. The minimum atomic E-state index is -0.0839. The van der Waals surface area contributed by atoms with Gasteiger partial charge in [-0.25, -0.2) is 0 Å². The average Bonchev–Trinajstić information content (AvgIpc) is 3.02. The molecule has 0 fully saturated rings. The van der Waals surface area contributed by atoms with Gasteiger partial charge in [-0.05, 0) is 12.1 Å². The van der Waals surface area contributed by atoms with E-state index in [1.807, 2.05) is 31.3 Å². The quantitative estimate of drug-likeness (QED) is 0.493. The van der Waals surface area contributed by atoms with Crippen molar-refractivity contribution < 1.29 is 21.2 Å². The van der Waals surface area contributed by atoms with Crippen LogP contribution in [0.5, 0.6) is 0 Å². The molecule has 5 nitrogen and oxygen atoms in total. The van der Waals surface area contributed by atoms with Crippen molar-refractivity contribution >= 4 is 23.0 Å². The van der Waals surface area contributed by atoms with E-state index in [2.05, 4.69) is 53.6 Å². The van der Waals surface area contributed by atoms with E-state index in [4.69, 9.17) is 11.6 Å². The van der Waals surface area contributed by atoms with Gasteiger partial charge in [-0.15, -0.1) is 0 Å². The maximum absolute atomic E-state index is 9.73. The molecule has 3 aromatic heterocycles. The first-order valence-electron chi connectivity index (χ1n) is 9.92. The van der Waals surface area contributed by atoms with E-state index < -0.39 is 0 Å². The summed E-state index contributed by atoms with van der Waals surface area (Å²) >= 11 is 6.02. The molecule has 0 radical (unpaired) electrons. The summed E-state index contributed by atoms with van der Waals surface area (Å²) in [6.07, 6.45) is 11.1. The number of allylic oxidation sites excluding steroid dienone is 4. The molecule has 0 bridgehead atoms. The van der Waals surface area contributed by atoms with Crippen LogP contribution in [0.4, 0.5) is 5.82 Å². The number of rotatable bonds is 5. The number of hydrogen-bond donors (Lipinski definition) is 1. The van der Waals surface area contributed by atoms with Crippen molar-refractivity contribution in [3.8, 4) is 17.2 Å². The second kappa shape index (κ2) is 10.1. The Bertz CT molecular complexity index is 1300. The summed E-state index contributed by atoms with van der Waals surface area (Å²) in [7, 11) is 0. The first-order valence-corrected chi connectivity index (χ1v) is 12.8. The fourth-order valence-electron chi connectivity index (χ4n) is 3.40. The summed E-state index contributed by atoms with van der Waals surface area (Å²) in [5, 5.41) is 13.7. The number of halogens is 2. The van der Waals surface area contributed by atoms with Crippen LogP contribution in [0, 0.1) is 18.3 Å². The predicted octanol–water partition coefficient (Wildman–Crippen LogP) is 2.89. The third-order valence-electron chi connectivity index (χ3n) is 4.95. The van der Waals surface area contributed by atoms with Crippen LogP contribution in [0.15, 0.2) is 68.9 Å². The summed E-state index contributed by atoms with van der Waals surface area (Å²) in [5.74, 6) is 0.768. The van der Waals surface area contributed by atoms with Gasteiger partial charge in [0.25, 0.3) is 0 Å². The first kappa shape index (κ1) is 22.2. The van der Waals surface area contributed by atoms with Gasteiger partial charge in [0.1, 0.15) is 0 Å². The van der Waals surface area contributed by atoms with Gasteiger partial charge in [0.2, 0.25) is 0 Å². The molecule has 7 heteroatoms. The van der Waals surface area contributed by atoms with Gasteiger partial charge >= 0.3 is 152 Å². The van der Waals surface area contributed by atoms with E-state index in [-0.39, 0.29) is 21.2 Å². The molecule has 0 atom stereocenters. The summed E-state index contributed by atoms with van der Waals surface area (Å²) in [5.41, 5.74) is 7.35. The topological polar surface area (TPSA) is 74.5 Å².